The van der Waals surface area contributed by atoms with Crippen LogP contribution in [0.1, 0.15) is 26.5 Å². The van der Waals surface area contributed by atoms with Gasteiger partial charge < -0.3 is 0 Å². The zero-order valence-electron chi connectivity index (χ0n) is 14.5. The molecule has 0 aliphatic rings. The summed E-state index contributed by atoms with van der Waals surface area (Å²) in [6, 6.07) is 16.6. The fourth-order valence-corrected chi connectivity index (χ4v) is 2.88. The molecule has 27 heavy (non-hydrogen) atoms. The predicted octanol–water partition coefficient (Wildman–Crippen LogP) is 2.79. The van der Waals surface area contributed by atoms with Crippen LogP contribution < -0.4 is 10.7 Å². The molecule has 3 aromatic rings. The molecular formula is C19H17N5O2S. The average molecular weight is 379 g/mol. The number of carbonyl (C=O) groups excluding carboxylic acids is 2. The zero-order valence-corrected chi connectivity index (χ0v) is 15.4. The number of aromatic nitrogens is 2. The molecule has 7 nitrogen and oxygen atoms in total. The van der Waals surface area contributed by atoms with Crippen LogP contribution in [0.2, 0.25) is 0 Å². The second-order valence-electron chi connectivity index (χ2n) is 5.70. The van der Waals surface area contributed by atoms with Gasteiger partial charge in [0, 0.05) is 5.56 Å². The normalized spacial score (nSPS) is 10.7. The summed E-state index contributed by atoms with van der Waals surface area (Å²) in [4.78, 5) is 24.0. The Labute approximate surface area is 160 Å². The van der Waals surface area contributed by atoms with Crippen LogP contribution in [0.4, 0.5) is 5.13 Å². The van der Waals surface area contributed by atoms with Crippen molar-refractivity contribution in [3.05, 3.63) is 76.3 Å². The third kappa shape index (κ3) is 5.55. The summed E-state index contributed by atoms with van der Waals surface area (Å²) >= 11 is 1.15. The van der Waals surface area contributed by atoms with E-state index in [0.717, 1.165) is 22.5 Å². The van der Waals surface area contributed by atoms with Crippen molar-refractivity contribution in [2.24, 2.45) is 5.10 Å². The molecule has 0 aliphatic heterocycles. The summed E-state index contributed by atoms with van der Waals surface area (Å²) in [5.41, 5.74) is 5.02. The van der Waals surface area contributed by atoms with Crippen molar-refractivity contribution in [1.29, 1.82) is 0 Å². The fraction of sp³-hybridized carbons (Fsp3) is 0.105. The molecular weight excluding hydrogens is 362 g/mol. The van der Waals surface area contributed by atoms with Gasteiger partial charge in [-0.25, -0.2) is 5.43 Å². The van der Waals surface area contributed by atoms with E-state index in [4.69, 9.17) is 0 Å². The van der Waals surface area contributed by atoms with Gasteiger partial charge in [-0.2, -0.15) is 5.10 Å². The van der Waals surface area contributed by atoms with Gasteiger partial charge in [0.1, 0.15) is 5.01 Å². The summed E-state index contributed by atoms with van der Waals surface area (Å²) in [6.07, 6.45) is 1.60. The van der Waals surface area contributed by atoms with Gasteiger partial charge in [0.25, 0.3) is 5.91 Å². The maximum atomic E-state index is 12.1. The molecule has 2 amide bonds. The Morgan fingerprint density at radius 3 is 2.56 bits per heavy atom. The van der Waals surface area contributed by atoms with Crippen molar-refractivity contribution >= 4 is 34.5 Å². The minimum Gasteiger partial charge on any atom is -0.296 e. The number of amides is 2. The van der Waals surface area contributed by atoms with Crippen molar-refractivity contribution in [2.45, 2.75) is 13.3 Å². The second kappa shape index (κ2) is 8.81. The van der Waals surface area contributed by atoms with Gasteiger partial charge in [-0.15, -0.1) is 10.2 Å². The number of anilines is 1. The Hall–Kier alpha value is -3.39. The van der Waals surface area contributed by atoms with E-state index in [9.17, 15) is 9.59 Å². The Morgan fingerprint density at radius 1 is 1.07 bits per heavy atom. The molecule has 0 aliphatic carbocycles. The quantitative estimate of drug-likeness (QED) is 0.508. The van der Waals surface area contributed by atoms with E-state index in [1.165, 1.54) is 0 Å². The van der Waals surface area contributed by atoms with Gasteiger partial charge in [-0.1, -0.05) is 59.4 Å². The zero-order chi connectivity index (χ0) is 19.1. The van der Waals surface area contributed by atoms with Crippen molar-refractivity contribution in [3.8, 4) is 0 Å². The summed E-state index contributed by atoms with van der Waals surface area (Å²) in [7, 11) is 0. The molecule has 2 N–H and O–H groups in total. The maximum absolute atomic E-state index is 12.1. The lowest BCUT2D eigenvalue weighted by Gasteiger charge is -1.99. The third-order valence-corrected chi connectivity index (χ3v) is 4.35. The molecule has 2 aromatic carbocycles. The van der Waals surface area contributed by atoms with Crippen molar-refractivity contribution in [3.63, 3.8) is 0 Å². The molecule has 8 heteroatoms. The second-order valence-corrected chi connectivity index (χ2v) is 6.76. The van der Waals surface area contributed by atoms with Gasteiger partial charge in [0.2, 0.25) is 11.0 Å². The van der Waals surface area contributed by atoms with E-state index in [1.807, 2.05) is 37.3 Å². The van der Waals surface area contributed by atoms with E-state index in [0.29, 0.717) is 15.7 Å². The molecule has 3 rings (SSSR count). The van der Waals surface area contributed by atoms with E-state index < -0.39 is 0 Å². The van der Waals surface area contributed by atoms with Crippen LogP contribution in [0, 0.1) is 6.92 Å². The number of nitrogens with zero attached hydrogens (tertiary/aromatic N) is 3. The van der Waals surface area contributed by atoms with Gasteiger partial charge in [0.15, 0.2) is 0 Å². The van der Waals surface area contributed by atoms with Crippen molar-refractivity contribution in [2.75, 3.05) is 5.32 Å². The lowest BCUT2D eigenvalue weighted by atomic mass is 10.2. The van der Waals surface area contributed by atoms with Crippen LogP contribution in [0.15, 0.2) is 59.7 Å². The number of aryl methyl sites for hydroxylation is 1. The Kier molecular flexibility index (Phi) is 6.01. The summed E-state index contributed by atoms with van der Waals surface area (Å²) in [5, 5.41) is 15.2. The molecule has 0 spiro atoms. The van der Waals surface area contributed by atoms with E-state index in [1.54, 1.807) is 30.5 Å². The molecule has 0 bridgehead atoms. The van der Waals surface area contributed by atoms with Crippen LogP contribution >= 0.6 is 11.3 Å². The minimum atomic E-state index is -0.310. The van der Waals surface area contributed by atoms with Gasteiger partial charge in [0.05, 0.1) is 12.6 Å². The number of hydrazone groups is 1. The first kappa shape index (κ1) is 18.4. The number of hydrogen-bond acceptors (Lipinski definition) is 6. The number of hydrogen-bond donors (Lipinski definition) is 2. The highest BCUT2D eigenvalue weighted by atomic mass is 32.1. The first-order chi connectivity index (χ1) is 13.1. The average Bonchev–Trinajstić information content (AvgIpc) is 3.10. The van der Waals surface area contributed by atoms with E-state index >= 15 is 0 Å². The van der Waals surface area contributed by atoms with Gasteiger partial charge >= 0.3 is 0 Å². The molecule has 136 valence electrons. The van der Waals surface area contributed by atoms with Crippen molar-refractivity contribution < 1.29 is 9.59 Å². The molecule has 0 atom stereocenters. The summed E-state index contributed by atoms with van der Waals surface area (Å²) < 4.78 is 0. The van der Waals surface area contributed by atoms with Gasteiger partial charge in [-0.05, 0) is 24.6 Å². The highest BCUT2D eigenvalue weighted by molar-refractivity contribution is 7.15. The van der Waals surface area contributed by atoms with E-state index in [-0.39, 0.29) is 18.2 Å². The number of rotatable bonds is 6. The molecule has 1 aromatic heterocycles. The lowest BCUT2D eigenvalue weighted by molar-refractivity contribution is -0.120. The molecule has 0 saturated heterocycles. The van der Waals surface area contributed by atoms with Crippen molar-refractivity contribution in [1.82, 2.24) is 15.6 Å². The highest BCUT2D eigenvalue weighted by Crippen LogP contribution is 2.16. The highest BCUT2D eigenvalue weighted by Gasteiger charge is 2.12. The van der Waals surface area contributed by atoms with Crippen LogP contribution in [-0.4, -0.2) is 28.2 Å². The number of nitrogens with one attached hydrogen (secondary N) is 2. The predicted molar refractivity (Wildman–Crippen MR) is 105 cm³/mol. The lowest BCUT2D eigenvalue weighted by Crippen LogP contribution is -2.19. The number of benzene rings is 2. The summed E-state index contributed by atoms with van der Waals surface area (Å²) in [5.74, 6) is -0.583. The number of carbonyl (C=O) groups is 2. The standard InChI is InChI=1S/C19H17N5O2S/c1-13-7-9-14(10-8-13)12-20-22-16(25)11-17-23-24-19(27-17)21-18(26)15-5-3-2-4-6-15/h2-10,12H,11H2,1H3,(H,22,25)(H,21,24,26). The first-order valence-corrected chi connectivity index (χ1v) is 8.99. The monoisotopic (exact) mass is 379 g/mol. The summed E-state index contributed by atoms with van der Waals surface area (Å²) in [6.45, 7) is 2.00. The van der Waals surface area contributed by atoms with Crippen LogP contribution in [0.3, 0.4) is 0 Å². The smallest absolute Gasteiger partial charge is 0.257 e. The fourth-order valence-electron chi connectivity index (χ4n) is 2.14. The molecule has 0 fully saturated rings. The molecule has 0 saturated carbocycles. The Balaban J connectivity index is 1.50. The minimum absolute atomic E-state index is 0.0319. The molecule has 1 heterocycles. The van der Waals surface area contributed by atoms with Crippen LogP contribution in [0.5, 0.6) is 0 Å². The largest absolute Gasteiger partial charge is 0.296 e. The SMILES string of the molecule is Cc1ccc(C=NNC(=O)Cc2nnc(NC(=O)c3ccccc3)s2)cc1. The van der Waals surface area contributed by atoms with Crippen LogP contribution in [-0.2, 0) is 11.2 Å². The Morgan fingerprint density at radius 2 is 1.81 bits per heavy atom. The molecule has 0 unspecified atom stereocenters. The Bertz CT molecular complexity index is 952. The van der Waals surface area contributed by atoms with Crippen LogP contribution in [0.25, 0.3) is 0 Å². The third-order valence-electron chi connectivity index (χ3n) is 3.52. The first-order valence-electron chi connectivity index (χ1n) is 8.17. The maximum Gasteiger partial charge on any atom is 0.257 e. The molecule has 0 radical (unpaired) electrons. The topological polar surface area (TPSA) is 96.3 Å². The van der Waals surface area contributed by atoms with E-state index in [2.05, 4.69) is 26.0 Å². The van der Waals surface area contributed by atoms with Gasteiger partial charge in [-0.3, -0.25) is 14.9 Å².